The molecule has 0 aromatic heterocycles. The molecule has 0 bridgehead atoms. The van der Waals surface area contributed by atoms with Gasteiger partial charge in [-0.05, 0) is 21.1 Å². The molecule has 0 spiro atoms. The number of rotatable bonds is 0. The first-order valence-electron chi connectivity index (χ1n) is 1.84. The predicted molar refractivity (Wildman–Crippen MR) is 31.2 cm³/mol. The zero-order valence-electron chi connectivity index (χ0n) is 4.95. The average Bonchev–Trinajstić information content (AvgIpc) is 1.41. The van der Waals surface area contributed by atoms with Crippen molar-refractivity contribution in [1.82, 2.24) is 4.90 Å². The summed E-state index contributed by atoms with van der Waals surface area (Å²) in [7, 11) is 8.97. The number of hydrogen-bond donors (Lipinski definition) is 0. The summed E-state index contributed by atoms with van der Waals surface area (Å²) in [5.74, 6) is 0. The van der Waals surface area contributed by atoms with Crippen LogP contribution in [-0.4, -0.2) is 36.3 Å². The summed E-state index contributed by atoms with van der Waals surface area (Å²) in [6, 6.07) is 0. The van der Waals surface area contributed by atoms with E-state index in [2.05, 4.69) is 10.2 Å². The van der Waals surface area contributed by atoms with E-state index in [0.717, 1.165) is 0 Å². The molecule has 6 heavy (non-hydrogen) atoms. The third kappa shape index (κ3) is 1350. The summed E-state index contributed by atoms with van der Waals surface area (Å²) in [5.41, 5.74) is 0. The third-order valence-corrected chi connectivity index (χ3v) is 0. The normalized spacial score (nSPS) is 7.17. The molecule has 34 valence electrons. The molecular formula is C4H12NSi+3. The molecule has 0 amide bonds. The van der Waals surface area contributed by atoms with E-state index in [1.165, 1.54) is 0 Å². The second-order valence-corrected chi connectivity index (χ2v) is 1.34. The Labute approximate surface area is 43.8 Å². The van der Waals surface area contributed by atoms with Gasteiger partial charge >= 0.3 is 16.8 Å². The van der Waals surface area contributed by atoms with Gasteiger partial charge in [0.2, 0.25) is 0 Å². The molecule has 0 radical (unpaired) electrons. The van der Waals surface area contributed by atoms with Crippen LogP contribution in [0.4, 0.5) is 0 Å². The fourth-order valence-electron chi connectivity index (χ4n) is 0. The van der Waals surface area contributed by atoms with Crippen molar-refractivity contribution in [3.8, 4) is 0 Å². The first-order chi connectivity index (χ1) is 2.73. The molecule has 0 aliphatic carbocycles. The van der Waals surface area contributed by atoms with E-state index in [-0.39, 0.29) is 0 Å². The average molecular weight is 102 g/mol. The van der Waals surface area contributed by atoms with Crippen LogP contribution in [-0.2, 0) is 0 Å². The Morgan fingerprint density at radius 1 is 1.00 bits per heavy atom. The number of hydrogen-bond acceptors (Lipinski definition) is 1. The Bertz CT molecular complexity index is 12.3. The fraction of sp³-hybridized carbons (Fsp3) is 1.00. The van der Waals surface area contributed by atoms with E-state index >= 15 is 0 Å². The van der Waals surface area contributed by atoms with Crippen molar-refractivity contribution in [2.45, 2.75) is 6.55 Å². The molecule has 0 heterocycles. The van der Waals surface area contributed by atoms with Crippen molar-refractivity contribution in [1.29, 1.82) is 0 Å². The molecule has 0 atom stereocenters. The summed E-state index contributed by atoms with van der Waals surface area (Å²) in [6.45, 7) is 1.81. The minimum absolute atomic E-state index is 1.81. The molecule has 0 aromatic carbocycles. The quantitative estimate of drug-likeness (QED) is 0.400. The molecule has 0 N–H and O–H groups in total. The summed E-state index contributed by atoms with van der Waals surface area (Å²) >= 11 is 0. The van der Waals surface area contributed by atoms with E-state index in [0.29, 0.717) is 0 Å². The molecule has 0 aliphatic heterocycles. The van der Waals surface area contributed by atoms with Crippen LogP contribution in [0.15, 0.2) is 0 Å². The van der Waals surface area contributed by atoms with Crippen molar-refractivity contribution in [2.75, 3.05) is 21.1 Å². The van der Waals surface area contributed by atoms with Crippen LogP contribution in [0.3, 0.4) is 0 Å². The molecular weight excluding hydrogens is 90.1 g/mol. The van der Waals surface area contributed by atoms with Gasteiger partial charge in [0, 0.05) is 0 Å². The Morgan fingerprint density at radius 2 is 1.00 bits per heavy atom. The van der Waals surface area contributed by atoms with Crippen LogP contribution >= 0.6 is 0 Å². The SMILES string of the molecule is CN(C)C.C[Si+3]. The van der Waals surface area contributed by atoms with E-state index < -0.39 is 0 Å². The van der Waals surface area contributed by atoms with Gasteiger partial charge in [-0.1, -0.05) is 0 Å². The Kier molecular flexibility index (Phi) is 14.2. The minimum atomic E-state index is 1.81. The van der Waals surface area contributed by atoms with Gasteiger partial charge < -0.3 is 4.90 Å². The Hall–Kier alpha value is 0.177. The summed E-state index contributed by atoms with van der Waals surface area (Å²) < 4.78 is 0. The number of nitrogens with zero attached hydrogens (tertiary/aromatic N) is 1. The van der Waals surface area contributed by atoms with E-state index in [4.69, 9.17) is 0 Å². The van der Waals surface area contributed by atoms with Crippen molar-refractivity contribution >= 4 is 10.2 Å². The molecule has 0 fully saturated rings. The van der Waals surface area contributed by atoms with E-state index in [9.17, 15) is 0 Å². The van der Waals surface area contributed by atoms with Gasteiger partial charge in [-0.2, -0.15) is 0 Å². The van der Waals surface area contributed by atoms with Crippen molar-refractivity contribution in [3.05, 3.63) is 0 Å². The maximum absolute atomic E-state index is 2.97. The van der Waals surface area contributed by atoms with Gasteiger partial charge in [-0.15, -0.1) is 0 Å². The molecule has 1 nitrogen and oxygen atoms in total. The molecule has 0 unspecified atom stereocenters. The fourth-order valence-corrected chi connectivity index (χ4v) is 0. The molecule has 0 saturated heterocycles. The van der Waals surface area contributed by atoms with Crippen LogP contribution in [0.1, 0.15) is 0 Å². The zero-order valence-corrected chi connectivity index (χ0v) is 5.95. The van der Waals surface area contributed by atoms with Gasteiger partial charge in [-0.25, -0.2) is 0 Å². The van der Waals surface area contributed by atoms with E-state index in [1.807, 2.05) is 26.0 Å². The van der Waals surface area contributed by atoms with Gasteiger partial charge in [0.1, 0.15) is 0 Å². The summed E-state index contributed by atoms with van der Waals surface area (Å²) in [4.78, 5) is 2.00. The van der Waals surface area contributed by atoms with Crippen molar-refractivity contribution < 1.29 is 0 Å². The molecule has 0 rings (SSSR count). The van der Waals surface area contributed by atoms with Gasteiger partial charge in [-0.3, -0.25) is 0 Å². The zero-order chi connectivity index (χ0) is 5.58. The van der Waals surface area contributed by atoms with Gasteiger partial charge in [0.05, 0.1) is 0 Å². The van der Waals surface area contributed by atoms with Gasteiger partial charge in [0.15, 0.2) is 0 Å². The molecule has 2 heteroatoms. The predicted octanol–water partition coefficient (Wildman–Crippen LogP) is 0.381. The second kappa shape index (κ2) is 8.95. The second-order valence-electron chi connectivity index (χ2n) is 1.34. The standard InChI is InChI=1S/C3H9N.CH3Si/c1-4(2)3;1-2/h1-3H3;1H3/q;+3. The van der Waals surface area contributed by atoms with Crippen molar-refractivity contribution in [2.24, 2.45) is 0 Å². The van der Waals surface area contributed by atoms with Crippen LogP contribution in [0.25, 0.3) is 0 Å². The third-order valence-electron chi connectivity index (χ3n) is 0. The topological polar surface area (TPSA) is 3.24 Å². The van der Waals surface area contributed by atoms with Crippen LogP contribution in [0.2, 0.25) is 6.55 Å². The first kappa shape index (κ1) is 9.49. The Morgan fingerprint density at radius 3 is 1.00 bits per heavy atom. The van der Waals surface area contributed by atoms with Crippen LogP contribution in [0.5, 0.6) is 0 Å². The van der Waals surface area contributed by atoms with Crippen LogP contribution in [0, 0.1) is 0 Å². The molecule has 0 saturated carbocycles. The molecule has 0 aromatic rings. The van der Waals surface area contributed by atoms with E-state index in [1.54, 1.807) is 6.55 Å². The summed E-state index contributed by atoms with van der Waals surface area (Å²) in [6.07, 6.45) is 0. The summed E-state index contributed by atoms with van der Waals surface area (Å²) in [5, 5.41) is 0. The Balaban J connectivity index is 0. The monoisotopic (exact) mass is 102 g/mol. The maximum atomic E-state index is 2.97. The van der Waals surface area contributed by atoms with Crippen LogP contribution < -0.4 is 0 Å². The molecule has 0 aliphatic rings. The van der Waals surface area contributed by atoms with Gasteiger partial charge in [0.25, 0.3) is 0 Å². The first-order valence-corrected chi connectivity index (χ1v) is 2.84. The van der Waals surface area contributed by atoms with Crippen molar-refractivity contribution in [3.63, 3.8) is 0 Å².